The summed E-state index contributed by atoms with van der Waals surface area (Å²) in [5.41, 5.74) is -0.950. The first kappa shape index (κ1) is 20.0. The number of halogens is 5. The molecule has 0 spiro atoms. The summed E-state index contributed by atoms with van der Waals surface area (Å²) in [7, 11) is 4.81. The highest BCUT2D eigenvalue weighted by atomic mass is 36.0. The van der Waals surface area contributed by atoms with Gasteiger partial charge in [-0.25, -0.2) is 4.79 Å². The average Bonchev–Trinajstić information content (AvgIpc) is 2.25. The highest BCUT2D eigenvalue weighted by Gasteiger charge is 2.31. The lowest BCUT2D eigenvalue weighted by Gasteiger charge is -2.10. The number of ether oxygens (including phenoxy) is 1. The van der Waals surface area contributed by atoms with Crippen LogP contribution in [0.5, 0.6) is 0 Å². The second kappa shape index (κ2) is 7.86. The van der Waals surface area contributed by atoms with Crippen LogP contribution in [0.1, 0.15) is 29.8 Å². The molecule has 0 fully saturated rings. The van der Waals surface area contributed by atoms with Gasteiger partial charge < -0.3 is 4.74 Å². The first-order valence-corrected chi connectivity index (χ1v) is 8.46. The van der Waals surface area contributed by atoms with Crippen LogP contribution in [0.15, 0.2) is 24.3 Å². The summed E-state index contributed by atoms with van der Waals surface area (Å²) in [4.78, 5) is 11.3. The van der Waals surface area contributed by atoms with Gasteiger partial charge in [-0.3, -0.25) is 0 Å². The first-order chi connectivity index (χ1) is 9.30. The summed E-state index contributed by atoms with van der Waals surface area (Å²) >= 11 is 0. The van der Waals surface area contributed by atoms with Gasteiger partial charge in [-0.2, -0.15) is 21.6 Å². The minimum atomic E-state index is -4.45. The number of hydrogen-bond donors (Lipinski definition) is 0. The number of alkyl halides is 3. The van der Waals surface area contributed by atoms with Crippen molar-refractivity contribution in [1.29, 1.82) is 0 Å². The van der Waals surface area contributed by atoms with Crippen LogP contribution in [0.2, 0.25) is 0 Å². The Balaban J connectivity index is 0.000000690. The summed E-state index contributed by atoms with van der Waals surface area (Å²) < 4.78 is 60.1. The molecule has 1 aromatic rings. The summed E-state index contributed by atoms with van der Waals surface area (Å²) in [6.07, 6.45) is -4.81. The van der Waals surface area contributed by atoms with Crippen molar-refractivity contribution in [3.8, 4) is 0 Å². The predicted octanol–water partition coefficient (Wildman–Crippen LogP) is 3.98. The largest absolute Gasteiger partial charge is 0.459 e. The van der Waals surface area contributed by atoms with Crippen LogP contribution in [0.4, 0.5) is 13.2 Å². The van der Waals surface area contributed by atoms with Crippen LogP contribution in [0.3, 0.4) is 0 Å². The number of hydrogen-bond acceptors (Lipinski definition) is 4. The Bertz CT molecular complexity index is 577. The summed E-state index contributed by atoms with van der Waals surface area (Å²) in [6.45, 7) is 3.26. The summed E-state index contributed by atoms with van der Waals surface area (Å²) in [5.74, 6) is -0.749. The Hall–Kier alpha value is -0.990. The number of benzene rings is 1. The Morgan fingerprint density at radius 3 is 2.10 bits per heavy atom. The van der Waals surface area contributed by atoms with E-state index < -0.39 is 26.0 Å². The SMILES string of the molecule is CC(C)OC(=O)c1cccc(C(F)(F)F)c1.O=S(=O)(Cl)Cl. The zero-order chi connectivity index (χ0) is 16.8. The number of rotatable bonds is 2. The van der Waals surface area contributed by atoms with Crippen LogP contribution in [-0.2, 0) is 19.2 Å². The van der Waals surface area contributed by atoms with Crippen molar-refractivity contribution in [3.63, 3.8) is 0 Å². The second-order valence-corrected chi connectivity index (χ2v) is 7.58. The molecule has 0 aliphatic heterocycles. The van der Waals surface area contributed by atoms with Crippen LogP contribution in [-0.4, -0.2) is 20.5 Å². The molecule has 0 aliphatic rings. The van der Waals surface area contributed by atoms with Gasteiger partial charge in [0.1, 0.15) is 0 Å². The normalized spacial score (nSPS) is 11.6. The minimum absolute atomic E-state index is 0.0940. The third-order valence-corrected chi connectivity index (χ3v) is 1.77. The van der Waals surface area contributed by atoms with E-state index in [0.717, 1.165) is 12.1 Å². The molecule has 120 valence electrons. The molecule has 0 bridgehead atoms. The molecular formula is C11H11Cl2F3O4S. The number of carbonyl (C=O) groups is 1. The lowest BCUT2D eigenvalue weighted by molar-refractivity contribution is -0.137. The molecule has 1 aromatic carbocycles. The van der Waals surface area contributed by atoms with Gasteiger partial charge >= 0.3 is 20.4 Å². The van der Waals surface area contributed by atoms with Crippen molar-refractivity contribution in [2.75, 3.05) is 0 Å². The van der Waals surface area contributed by atoms with E-state index in [-0.39, 0.29) is 11.7 Å². The summed E-state index contributed by atoms with van der Waals surface area (Å²) in [6, 6.07) is 4.16. The topological polar surface area (TPSA) is 60.4 Å². The highest BCUT2D eigenvalue weighted by molar-refractivity contribution is 8.31. The van der Waals surface area contributed by atoms with Gasteiger partial charge in [0.15, 0.2) is 0 Å². The third kappa shape index (κ3) is 10.4. The molecule has 0 saturated carbocycles. The van der Waals surface area contributed by atoms with Gasteiger partial charge in [0.25, 0.3) is 0 Å². The van der Waals surface area contributed by atoms with E-state index in [0.29, 0.717) is 0 Å². The molecule has 0 N–H and O–H groups in total. The molecule has 0 radical (unpaired) electrons. The molecule has 0 heterocycles. The van der Waals surface area contributed by atoms with Gasteiger partial charge in [0.05, 0.1) is 17.2 Å². The average molecular weight is 367 g/mol. The van der Waals surface area contributed by atoms with E-state index in [1.54, 1.807) is 13.8 Å². The molecule has 0 unspecified atom stereocenters. The zero-order valence-corrected chi connectivity index (χ0v) is 13.1. The Morgan fingerprint density at radius 1 is 1.24 bits per heavy atom. The van der Waals surface area contributed by atoms with E-state index in [2.05, 4.69) is 21.4 Å². The van der Waals surface area contributed by atoms with Gasteiger partial charge in [0, 0.05) is 21.4 Å². The highest BCUT2D eigenvalue weighted by Crippen LogP contribution is 2.29. The van der Waals surface area contributed by atoms with Crippen molar-refractivity contribution >= 4 is 35.6 Å². The van der Waals surface area contributed by atoms with Crippen molar-refractivity contribution in [3.05, 3.63) is 35.4 Å². The van der Waals surface area contributed by atoms with E-state index in [4.69, 9.17) is 13.2 Å². The van der Waals surface area contributed by atoms with Gasteiger partial charge in [-0.15, -0.1) is 0 Å². The Labute approximate surface area is 128 Å². The van der Waals surface area contributed by atoms with Crippen LogP contribution in [0, 0.1) is 0 Å². The molecular weight excluding hydrogens is 356 g/mol. The quantitative estimate of drug-likeness (QED) is 0.586. The molecule has 0 aliphatic carbocycles. The first-order valence-electron chi connectivity index (χ1n) is 5.33. The number of esters is 1. The fourth-order valence-electron chi connectivity index (χ4n) is 1.10. The lowest BCUT2D eigenvalue weighted by atomic mass is 10.1. The standard InChI is InChI=1S/C11H11F3O2.Cl2O2S/c1-7(2)16-10(15)8-4-3-5-9(6-8)11(12,13)14;1-5(2,3)4/h3-7H,1-2H3;. The Morgan fingerprint density at radius 2 is 1.71 bits per heavy atom. The van der Waals surface area contributed by atoms with Gasteiger partial charge in [-0.1, -0.05) is 6.07 Å². The molecule has 1 rings (SSSR count). The maximum Gasteiger partial charge on any atom is 0.416 e. The maximum absolute atomic E-state index is 12.3. The maximum atomic E-state index is 12.3. The smallest absolute Gasteiger partial charge is 0.416 e. The summed E-state index contributed by atoms with van der Waals surface area (Å²) in [5, 5.41) is 0. The van der Waals surface area contributed by atoms with Crippen molar-refractivity contribution in [2.45, 2.75) is 26.1 Å². The van der Waals surface area contributed by atoms with Crippen LogP contribution >= 0.6 is 21.4 Å². The van der Waals surface area contributed by atoms with E-state index in [1.165, 1.54) is 12.1 Å². The molecule has 0 saturated heterocycles. The molecule has 10 heteroatoms. The van der Waals surface area contributed by atoms with Crippen LogP contribution in [0.25, 0.3) is 0 Å². The van der Waals surface area contributed by atoms with E-state index >= 15 is 0 Å². The zero-order valence-electron chi connectivity index (χ0n) is 10.8. The molecule has 0 amide bonds. The van der Waals surface area contributed by atoms with Gasteiger partial charge in [0.2, 0.25) is 0 Å². The predicted molar refractivity (Wildman–Crippen MR) is 72.6 cm³/mol. The molecule has 0 aromatic heterocycles. The van der Waals surface area contributed by atoms with Gasteiger partial charge in [-0.05, 0) is 32.0 Å². The van der Waals surface area contributed by atoms with Crippen LogP contribution < -0.4 is 0 Å². The lowest BCUT2D eigenvalue weighted by Crippen LogP contribution is -2.13. The molecule has 4 nitrogen and oxygen atoms in total. The van der Waals surface area contributed by atoms with E-state index in [9.17, 15) is 18.0 Å². The fourth-order valence-corrected chi connectivity index (χ4v) is 1.10. The van der Waals surface area contributed by atoms with Crippen molar-refractivity contribution in [2.24, 2.45) is 0 Å². The molecule has 21 heavy (non-hydrogen) atoms. The second-order valence-electron chi connectivity index (χ2n) is 3.91. The Kier molecular flexibility index (Phi) is 7.49. The minimum Gasteiger partial charge on any atom is -0.459 e. The van der Waals surface area contributed by atoms with E-state index in [1.807, 2.05) is 0 Å². The van der Waals surface area contributed by atoms with Crippen molar-refractivity contribution in [1.82, 2.24) is 0 Å². The third-order valence-electron chi connectivity index (χ3n) is 1.77. The fraction of sp³-hybridized carbons (Fsp3) is 0.364. The van der Waals surface area contributed by atoms with Crippen molar-refractivity contribution < 1.29 is 31.1 Å². The molecule has 0 atom stereocenters. The monoisotopic (exact) mass is 366 g/mol. The number of carbonyl (C=O) groups excluding carboxylic acids is 1.